The standard InChI is InChI=1S/C12H22N2O3/c1-3-17-12(16)10(13)11(15)14-8(2)9-6-4-5-7-9/h8-10H,3-7,13H2,1-2H3,(H,14,15). The quantitative estimate of drug-likeness (QED) is 0.545. The molecule has 0 aliphatic heterocycles. The van der Waals surface area contributed by atoms with Crippen molar-refractivity contribution in [1.29, 1.82) is 0 Å². The number of hydrogen-bond acceptors (Lipinski definition) is 4. The van der Waals surface area contributed by atoms with Gasteiger partial charge in [0.2, 0.25) is 5.91 Å². The van der Waals surface area contributed by atoms with E-state index in [9.17, 15) is 9.59 Å². The van der Waals surface area contributed by atoms with Crippen LogP contribution in [0.5, 0.6) is 0 Å². The van der Waals surface area contributed by atoms with Gasteiger partial charge < -0.3 is 15.8 Å². The summed E-state index contributed by atoms with van der Waals surface area (Å²) in [5.41, 5.74) is 5.51. The van der Waals surface area contributed by atoms with E-state index < -0.39 is 17.9 Å². The first-order valence-electron chi connectivity index (χ1n) is 6.28. The molecule has 0 heterocycles. The molecule has 0 aromatic heterocycles. The van der Waals surface area contributed by atoms with Crippen LogP contribution in [0.4, 0.5) is 0 Å². The number of carbonyl (C=O) groups excluding carboxylic acids is 2. The molecule has 0 radical (unpaired) electrons. The normalized spacial score (nSPS) is 19.7. The van der Waals surface area contributed by atoms with Crippen molar-refractivity contribution in [3.8, 4) is 0 Å². The Morgan fingerprint density at radius 2 is 2.00 bits per heavy atom. The largest absolute Gasteiger partial charge is 0.464 e. The minimum Gasteiger partial charge on any atom is -0.464 e. The van der Waals surface area contributed by atoms with Crippen LogP contribution < -0.4 is 11.1 Å². The van der Waals surface area contributed by atoms with Gasteiger partial charge in [-0.25, -0.2) is 4.79 Å². The second-order valence-corrected chi connectivity index (χ2v) is 4.57. The van der Waals surface area contributed by atoms with E-state index in [4.69, 9.17) is 10.5 Å². The Balaban J connectivity index is 2.39. The van der Waals surface area contributed by atoms with Gasteiger partial charge in [0.05, 0.1) is 6.61 Å². The highest BCUT2D eigenvalue weighted by Gasteiger charge is 2.28. The lowest BCUT2D eigenvalue weighted by atomic mass is 9.99. The molecule has 5 heteroatoms. The van der Waals surface area contributed by atoms with Gasteiger partial charge in [0.1, 0.15) is 0 Å². The SMILES string of the molecule is CCOC(=O)C(N)C(=O)NC(C)C1CCCC1. The zero-order chi connectivity index (χ0) is 12.8. The van der Waals surface area contributed by atoms with Crippen molar-refractivity contribution >= 4 is 11.9 Å². The molecule has 98 valence electrons. The van der Waals surface area contributed by atoms with Crippen LogP contribution in [-0.2, 0) is 14.3 Å². The van der Waals surface area contributed by atoms with Gasteiger partial charge >= 0.3 is 5.97 Å². The minimum absolute atomic E-state index is 0.0745. The summed E-state index contributed by atoms with van der Waals surface area (Å²) in [5.74, 6) is -0.597. The Bertz CT molecular complexity index is 275. The molecule has 0 spiro atoms. The van der Waals surface area contributed by atoms with Crippen LogP contribution in [0.3, 0.4) is 0 Å². The summed E-state index contributed by atoms with van der Waals surface area (Å²) in [4.78, 5) is 23.0. The predicted octanol–water partition coefficient (Wildman–Crippen LogP) is 0.572. The zero-order valence-corrected chi connectivity index (χ0v) is 10.6. The molecule has 1 rings (SSSR count). The van der Waals surface area contributed by atoms with Gasteiger partial charge in [-0.15, -0.1) is 0 Å². The lowest BCUT2D eigenvalue weighted by Gasteiger charge is -2.21. The highest BCUT2D eigenvalue weighted by molar-refractivity contribution is 6.01. The molecule has 17 heavy (non-hydrogen) atoms. The van der Waals surface area contributed by atoms with Crippen LogP contribution in [-0.4, -0.2) is 30.6 Å². The van der Waals surface area contributed by atoms with Crippen molar-refractivity contribution in [2.75, 3.05) is 6.61 Å². The number of ether oxygens (including phenoxy) is 1. The number of hydrogen-bond donors (Lipinski definition) is 2. The van der Waals surface area contributed by atoms with E-state index in [1.165, 1.54) is 12.8 Å². The monoisotopic (exact) mass is 242 g/mol. The molecule has 2 atom stereocenters. The molecular weight excluding hydrogens is 220 g/mol. The Hall–Kier alpha value is -1.10. The first-order valence-corrected chi connectivity index (χ1v) is 6.28. The average molecular weight is 242 g/mol. The van der Waals surface area contributed by atoms with Gasteiger partial charge in [0, 0.05) is 6.04 Å². The lowest BCUT2D eigenvalue weighted by Crippen LogP contribution is -2.50. The molecular formula is C12H22N2O3. The number of esters is 1. The van der Waals surface area contributed by atoms with Gasteiger partial charge in [0.15, 0.2) is 6.04 Å². The molecule has 1 aliphatic carbocycles. The third kappa shape index (κ3) is 4.00. The summed E-state index contributed by atoms with van der Waals surface area (Å²) >= 11 is 0. The summed E-state index contributed by atoms with van der Waals surface area (Å²) < 4.78 is 4.71. The van der Waals surface area contributed by atoms with Crippen molar-refractivity contribution < 1.29 is 14.3 Å². The molecule has 0 saturated heterocycles. The molecule has 0 bridgehead atoms. The van der Waals surface area contributed by atoms with Crippen molar-refractivity contribution in [1.82, 2.24) is 5.32 Å². The fourth-order valence-corrected chi connectivity index (χ4v) is 2.23. The maximum absolute atomic E-state index is 11.7. The predicted molar refractivity (Wildman–Crippen MR) is 64.2 cm³/mol. The van der Waals surface area contributed by atoms with Crippen LogP contribution in [0, 0.1) is 5.92 Å². The highest BCUT2D eigenvalue weighted by atomic mass is 16.5. The third-order valence-electron chi connectivity index (χ3n) is 3.30. The van der Waals surface area contributed by atoms with Crippen LogP contribution in [0.1, 0.15) is 39.5 Å². The second kappa shape index (κ2) is 6.59. The summed E-state index contributed by atoms with van der Waals surface area (Å²) in [6.45, 7) is 3.88. The van der Waals surface area contributed by atoms with E-state index >= 15 is 0 Å². The molecule has 1 saturated carbocycles. The number of rotatable bonds is 5. The fourth-order valence-electron chi connectivity index (χ4n) is 2.23. The number of nitrogens with one attached hydrogen (secondary N) is 1. The first-order chi connectivity index (χ1) is 8.06. The first kappa shape index (κ1) is 14.0. The van der Waals surface area contributed by atoms with E-state index in [1.807, 2.05) is 6.92 Å². The average Bonchev–Trinajstić information content (AvgIpc) is 2.81. The Kier molecular flexibility index (Phi) is 5.41. The second-order valence-electron chi connectivity index (χ2n) is 4.57. The summed E-state index contributed by atoms with van der Waals surface area (Å²) in [6, 6.07) is -1.13. The van der Waals surface area contributed by atoms with E-state index in [1.54, 1.807) is 6.92 Å². The van der Waals surface area contributed by atoms with Crippen molar-refractivity contribution in [2.24, 2.45) is 11.7 Å². The third-order valence-corrected chi connectivity index (χ3v) is 3.30. The molecule has 1 fully saturated rings. The van der Waals surface area contributed by atoms with Crippen molar-refractivity contribution in [2.45, 2.75) is 51.6 Å². The highest BCUT2D eigenvalue weighted by Crippen LogP contribution is 2.27. The Morgan fingerprint density at radius 1 is 1.41 bits per heavy atom. The van der Waals surface area contributed by atoms with Gasteiger partial charge in [-0.2, -0.15) is 0 Å². The van der Waals surface area contributed by atoms with Gasteiger partial charge in [-0.05, 0) is 32.6 Å². The van der Waals surface area contributed by atoms with Crippen LogP contribution >= 0.6 is 0 Å². The summed E-state index contributed by atoms with van der Waals surface area (Å²) in [5, 5.41) is 2.80. The van der Waals surface area contributed by atoms with Gasteiger partial charge in [0.25, 0.3) is 0 Å². The van der Waals surface area contributed by atoms with Crippen molar-refractivity contribution in [3.05, 3.63) is 0 Å². The molecule has 1 aliphatic rings. The zero-order valence-electron chi connectivity index (χ0n) is 10.6. The smallest absolute Gasteiger partial charge is 0.332 e. The van der Waals surface area contributed by atoms with Crippen LogP contribution in [0.2, 0.25) is 0 Å². The van der Waals surface area contributed by atoms with E-state index in [0.717, 1.165) is 12.8 Å². The van der Waals surface area contributed by atoms with E-state index in [-0.39, 0.29) is 12.6 Å². The molecule has 3 N–H and O–H groups in total. The van der Waals surface area contributed by atoms with E-state index in [2.05, 4.69) is 5.32 Å². The molecule has 2 unspecified atom stereocenters. The van der Waals surface area contributed by atoms with Crippen LogP contribution in [0.25, 0.3) is 0 Å². The number of carbonyl (C=O) groups is 2. The van der Waals surface area contributed by atoms with Gasteiger partial charge in [-0.3, -0.25) is 4.79 Å². The lowest BCUT2D eigenvalue weighted by molar-refractivity contribution is -0.148. The number of nitrogens with two attached hydrogens (primary N) is 1. The minimum atomic E-state index is -1.21. The molecule has 5 nitrogen and oxygen atoms in total. The summed E-state index contributed by atoms with van der Waals surface area (Å²) in [7, 11) is 0. The van der Waals surface area contributed by atoms with Gasteiger partial charge in [-0.1, -0.05) is 12.8 Å². The Labute approximate surface area is 102 Å². The Morgan fingerprint density at radius 3 is 2.53 bits per heavy atom. The molecule has 0 aromatic carbocycles. The van der Waals surface area contributed by atoms with Crippen LogP contribution in [0.15, 0.2) is 0 Å². The summed E-state index contributed by atoms with van der Waals surface area (Å²) in [6.07, 6.45) is 4.70. The fraction of sp³-hybridized carbons (Fsp3) is 0.833. The molecule has 0 aromatic rings. The molecule has 1 amide bonds. The maximum Gasteiger partial charge on any atom is 0.332 e. The van der Waals surface area contributed by atoms with Crippen molar-refractivity contribution in [3.63, 3.8) is 0 Å². The van der Waals surface area contributed by atoms with E-state index in [0.29, 0.717) is 5.92 Å². The maximum atomic E-state index is 11.7. The number of amides is 1. The topological polar surface area (TPSA) is 81.4 Å².